The number of nitrogens with one attached hydrogen (secondary N) is 1. The number of likely N-dealkylation sites (N-methyl/N-ethyl adjacent to an activating group) is 1. The van der Waals surface area contributed by atoms with Crippen molar-refractivity contribution in [3.05, 3.63) is 42.0 Å². The molecule has 0 aromatic heterocycles. The second-order valence-corrected chi connectivity index (χ2v) is 5.30. The third-order valence-corrected chi connectivity index (χ3v) is 3.58. The average molecular weight is 258 g/mol. The fourth-order valence-electron chi connectivity index (χ4n) is 2.50. The van der Waals surface area contributed by atoms with E-state index < -0.39 is 0 Å². The van der Waals surface area contributed by atoms with Crippen LogP contribution < -0.4 is 5.32 Å². The highest BCUT2D eigenvalue weighted by Gasteiger charge is 2.27. The van der Waals surface area contributed by atoms with E-state index in [-0.39, 0.29) is 17.9 Å². The number of carbonyl (C=O) groups excluding carboxylic acids is 1. The van der Waals surface area contributed by atoms with Crippen molar-refractivity contribution in [2.75, 3.05) is 20.1 Å². The van der Waals surface area contributed by atoms with Crippen LogP contribution >= 0.6 is 0 Å². The molecule has 1 amide bonds. The molecule has 1 unspecified atom stereocenters. The Hall–Kier alpha value is -1.61. The average Bonchev–Trinajstić information content (AvgIpc) is 2.46. The van der Waals surface area contributed by atoms with E-state index in [1.165, 1.54) is 11.1 Å². The highest BCUT2D eigenvalue weighted by atomic mass is 16.2. The van der Waals surface area contributed by atoms with E-state index in [4.69, 9.17) is 0 Å². The minimum atomic E-state index is 0.0314. The summed E-state index contributed by atoms with van der Waals surface area (Å²) in [5.74, 6) is 0.222. The zero-order valence-corrected chi connectivity index (χ0v) is 11.9. The summed E-state index contributed by atoms with van der Waals surface area (Å²) < 4.78 is 0. The molecule has 3 nitrogen and oxygen atoms in total. The van der Waals surface area contributed by atoms with Crippen LogP contribution in [0.25, 0.3) is 5.57 Å². The number of hydrogen-bond acceptors (Lipinski definition) is 2. The van der Waals surface area contributed by atoms with Crippen LogP contribution in [0.4, 0.5) is 0 Å². The molecule has 0 fully saturated rings. The maximum absolute atomic E-state index is 12.2. The van der Waals surface area contributed by atoms with E-state index >= 15 is 0 Å². The zero-order chi connectivity index (χ0) is 13.8. The molecule has 0 aliphatic carbocycles. The lowest BCUT2D eigenvalue weighted by molar-refractivity contribution is -0.134. The monoisotopic (exact) mass is 258 g/mol. The number of nitrogens with zero attached hydrogens (tertiary/aromatic N) is 1. The van der Waals surface area contributed by atoms with E-state index in [1.807, 2.05) is 44.0 Å². The molecule has 102 valence electrons. The molecule has 1 aliphatic rings. The van der Waals surface area contributed by atoms with Gasteiger partial charge in [0.2, 0.25) is 5.91 Å². The molecular weight excluding hydrogens is 236 g/mol. The van der Waals surface area contributed by atoms with Gasteiger partial charge in [-0.2, -0.15) is 0 Å². The predicted octanol–water partition coefficient (Wildman–Crippen LogP) is 2.16. The van der Waals surface area contributed by atoms with Gasteiger partial charge in [0, 0.05) is 26.1 Å². The van der Waals surface area contributed by atoms with Gasteiger partial charge in [-0.25, -0.2) is 0 Å². The van der Waals surface area contributed by atoms with Crippen molar-refractivity contribution in [2.45, 2.75) is 19.9 Å². The molecule has 1 aromatic rings. The van der Waals surface area contributed by atoms with Crippen molar-refractivity contribution in [2.24, 2.45) is 5.92 Å². The SMILES string of the molecule is CC(C)C(=O)N(C)C1CNCC=C1c1ccccc1. The van der Waals surface area contributed by atoms with Gasteiger partial charge >= 0.3 is 0 Å². The Morgan fingerprint density at radius 2 is 2.00 bits per heavy atom. The van der Waals surface area contributed by atoms with Gasteiger partial charge in [-0.3, -0.25) is 4.79 Å². The third kappa shape index (κ3) is 3.04. The molecule has 19 heavy (non-hydrogen) atoms. The second-order valence-electron chi connectivity index (χ2n) is 5.30. The number of hydrogen-bond donors (Lipinski definition) is 1. The first-order valence-electron chi connectivity index (χ1n) is 6.84. The molecule has 0 saturated heterocycles. The minimum absolute atomic E-state index is 0.0314. The van der Waals surface area contributed by atoms with Gasteiger partial charge in [0.1, 0.15) is 0 Å². The fourth-order valence-corrected chi connectivity index (χ4v) is 2.50. The summed E-state index contributed by atoms with van der Waals surface area (Å²) in [6.45, 7) is 5.57. The smallest absolute Gasteiger partial charge is 0.225 e. The lowest BCUT2D eigenvalue weighted by Gasteiger charge is -2.34. The summed E-state index contributed by atoms with van der Waals surface area (Å²) in [5, 5.41) is 3.34. The summed E-state index contributed by atoms with van der Waals surface area (Å²) in [4.78, 5) is 14.1. The molecule has 2 rings (SSSR count). The summed E-state index contributed by atoms with van der Waals surface area (Å²) in [5.41, 5.74) is 2.45. The first-order valence-corrected chi connectivity index (χ1v) is 6.84. The van der Waals surface area contributed by atoms with Gasteiger partial charge in [0.05, 0.1) is 6.04 Å². The van der Waals surface area contributed by atoms with Crippen LogP contribution in [-0.2, 0) is 4.79 Å². The van der Waals surface area contributed by atoms with Gasteiger partial charge in [-0.15, -0.1) is 0 Å². The lowest BCUT2D eigenvalue weighted by atomic mass is 9.94. The predicted molar refractivity (Wildman–Crippen MR) is 78.7 cm³/mol. The highest BCUT2D eigenvalue weighted by Crippen LogP contribution is 2.24. The summed E-state index contributed by atoms with van der Waals surface area (Å²) in [6, 6.07) is 10.4. The van der Waals surface area contributed by atoms with Gasteiger partial charge in [-0.1, -0.05) is 50.3 Å². The van der Waals surface area contributed by atoms with Crippen molar-refractivity contribution in [3.8, 4) is 0 Å². The van der Waals surface area contributed by atoms with Crippen LogP contribution in [0, 0.1) is 5.92 Å². The number of rotatable bonds is 3. The molecule has 1 N–H and O–H groups in total. The molecule has 0 saturated carbocycles. The third-order valence-electron chi connectivity index (χ3n) is 3.58. The van der Waals surface area contributed by atoms with Crippen molar-refractivity contribution in [3.63, 3.8) is 0 Å². The van der Waals surface area contributed by atoms with Crippen LogP contribution in [-0.4, -0.2) is 37.0 Å². The number of amides is 1. The molecule has 1 heterocycles. The van der Waals surface area contributed by atoms with Crippen molar-refractivity contribution >= 4 is 11.5 Å². The Morgan fingerprint density at radius 1 is 1.32 bits per heavy atom. The van der Waals surface area contributed by atoms with E-state index in [0.29, 0.717) is 0 Å². The Bertz CT molecular complexity index is 465. The molecule has 1 aliphatic heterocycles. The van der Waals surface area contributed by atoms with E-state index in [0.717, 1.165) is 13.1 Å². The number of benzene rings is 1. The standard InChI is InChI=1S/C16H22N2O/c1-12(2)16(19)18(3)15-11-17-10-9-14(15)13-7-5-4-6-8-13/h4-9,12,15,17H,10-11H2,1-3H3. The zero-order valence-electron chi connectivity index (χ0n) is 11.9. The maximum atomic E-state index is 12.2. The van der Waals surface area contributed by atoms with Gasteiger partial charge in [0.25, 0.3) is 0 Å². The molecule has 0 bridgehead atoms. The summed E-state index contributed by atoms with van der Waals surface area (Å²) in [6.07, 6.45) is 2.19. The summed E-state index contributed by atoms with van der Waals surface area (Å²) >= 11 is 0. The molecule has 1 atom stereocenters. The van der Waals surface area contributed by atoms with E-state index in [1.54, 1.807) is 0 Å². The van der Waals surface area contributed by atoms with Crippen LogP contribution in [0.5, 0.6) is 0 Å². The summed E-state index contributed by atoms with van der Waals surface area (Å²) in [7, 11) is 1.90. The number of carbonyl (C=O) groups is 1. The first-order chi connectivity index (χ1) is 9.11. The Morgan fingerprint density at radius 3 is 2.63 bits per heavy atom. The van der Waals surface area contributed by atoms with E-state index in [9.17, 15) is 4.79 Å². The van der Waals surface area contributed by atoms with Crippen LogP contribution in [0.3, 0.4) is 0 Å². The van der Waals surface area contributed by atoms with E-state index in [2.05, 4.69) is 23.5 Å². The van der Waals surface area contributed by atoms with Crippen LogP contribution in [0.1, 0.15) is 19.4 Å². The van der Waals surface area contributed by atoms with Crippen molar-refractivity contribution < 1.29 is 4.79 Å². The lowest BCUT2D eigenvalue weighted by Crippen LogP contribution is -2.47. The highest BCUT2D eigenvalue weighted by molar-refractivity contribution is 5.82. The molecule has 3 heteroatoms. The normalized spacial score (nSPS) is 19.2. The van der Waals surface area contributed by atoms with Crippen molar-refractivity contribution in [1.82, 2.24) is 10.2 Å². The topological polar surface area (TPSA) is 32.3 Å². The maximum Gasteiger partial charge on any atom is 0.225 e. The van der Waals surface area contributed by atoms with Gasteiger partial charge in [-0.05, 0) is 11.1 Å². The molecule has 1 aromatic carbocycles. The Balaban J connectivity index is 2.26. The van der Waals surface area contributed by atoms with Crippen molar-refractivity contribution in [1.29, 1.82) is 0 Å². The molecule has 0 spiro atoms. The van der Waals surface area contributed by atoms with Gasteiger partial charge < -0.3 is 10.2 Å². The Labute approximate surface area is 115 Å². The molecular formula is C16H22N2O. The minimum Gasteiger partial charge on any atom is -0.337 e. The second kappa shape index (κ2) is 6.02. The van der Waals surface area contributed by atoms with Gasteiger partial charge in [0.15, 0.2) is 0 Å². The fraction of sp³-hybridized carbons (Fsp3) is 0.438. The molecule has 0 radical (unpaired) electrons. The first kappa shape index (κ1) is 13.8. The quantitative estimate of drug-likeness (QED) is 0.901. The largest absolute Gasteiger partial charge is 0.337 e. The Kier molecular flexibility index (Phi) is 4.38. The van der Waals surface area contributed by atoms with Crippen LogP contribution in [0.2, 0.25) is 0 Å². The van der Waals surface area contributed by atoms with Crippen LogP contribution in [0.15, 0.2) is 36.4 Å².